The normalized spacial score (nSPS) is 12.5. The second-order valence-electron chi connectivity index (χ2n) is 3.81. The van der Waals surface area contributed by atoms with Gasteiger partial charge in [-0.15, -0.1) is 0 Å². The van der Waals surface area contributed by atoms with Gasteiger partial charge in [0.05, 0.1) is 11.1 Å². The van der Waals surface area contributed by atoms with Gasteiger partial charge < -0.3 is 15.0 Å². The number of hydrogen-bond acceptors (Lipinski definition) is 2. The Labute approximate surface area is 100 Å². The van der Waals surface area contributed by atoms with Gasteiger partial charge in [0.1, 0.15) is 5.69 Å². The van der Waals surface area contributed by atoms with Crippen LogP contribution in [0.25, 0.3) is 0 Å². The van der Waals surface area contributed by atoms with Crippen LogP contribution >= 0.6 is 11.6 Å². The van der Waals surface area contributed by atoms with Crippen LogP contribution in [0.4, 0.5) is 0 Å². The Bertz CT molecular complexity index is 363. The molecule has 0 bridgehead atoms. The van der Waals surface area contributed by atoms with Gasteiger partial charge in [0.15, 0.2) is 0 Å². The zero-order valence-electron chi connectivity index (χ0n) is 9.53. The standard InChI is InChI=1S/C11H17ClN2O2/c1-3-4-9(15)6-13-11(16)10-5-8(12)7-14(10)2/h5,7,9,15H,3-4,6H2,1-2H3,(H,13,16). The molecule has 5 heteroatoms. The molecule has 4 nitrogen and oxygen atoms in total. The average molecular weight is 245 g/mol. The minimum absolute atomic E-state index is 0.218. The van der Waals surface area contributed by atoms with Crippen molar-refractivity contribution in [2.75, 3.05) is 6.54 Å². The van der Waals surface area contributed by atoms with Crippen molar-refractivity contribution < 1.29 is 9.90 Å². The molecule has 1 heterocycles. The first-order valence-corrected chi connectivity index (χ1v) is 5.70. The molecule has 1 amide bonds. The second-order valence-corrected chi connectivity index (χ2v) is 4.24. The number of carbonyl (C=O) groups excluding carboxylic acids is 1. The number of amides is 1. The zero-order chi connectivity index (χ0) is 12.1. The Hall–Kier alpha value is -1.00. The van der Waals surface area contributed by atoms with E-state index in [0.717, 1.165) is 6.42 Å². The molecule has 0 spiro atoms. The molecule has 1 unspecified atom stereocenters. The van der Waals surface area contributed by atoms with E-state index in [-0.39, 0.29) is 12.5 Å². The number of rotatable bonds is 5. The number of hydrogen-bond donors (Lipinski definition) is 2. The maximum atomic E-state index is 11.7. The van der Waals surface area contributed by atoms with Gasteiger partial charge in [-0.05, 0) is 12.5 Å². The highest BCUT2D eigenvalue weighted by Crippen LogP contribution is 2.12. The summed E-state index contributed by atoms with van der Waals surface area (Å²) < 4.78 is 1.66. The van der Waals surface area contributed by atoms with Crippen molar-refractivity contribution in [2.45, 2.75) is 25.9 Å². The van der Waals surface area contributed by atoms with Gasteiger partial charge in [0.25, 0.3) is 5.91 Å². The summed E-state index contributed by atoms with van der Waals surface area (Å²) in [6.45, 7) is 2.26. The van der Waals surface area contributed by atoms with Crippen LogP contribution in [0.3, 0.4) is 0 Å². The Kier molecular flexibility index (Phi) is 4.83. The van der Waals surface area contributed by atoms with E-state index in [1.54, 1.807) is 23.9 Å². The summed E-state index contributed by atoms with van der Waals surface area (Å²) in [6.07, 6.45) is 2.77. The summed E-state index contributed by atoms with van der Waals surface area (Å²) in [5, 5.41) is 12.7. The lowest BCUT2D eigenvalue weighted by atomic mass is 10.2. The number of aryl methyl sites for hydroxylation is 1. The van der Waals surface area contributed by atoms with Crippen LogP contribution < -0.4 is 5.32 Å². The van der Waals surface area contributed by atoms with Crippen LogP contribution in [0, 0.1) is 0 Å². The molecule has 1 aromatic rings. The highest BCUT2D eigenvalue weighted by Gasteiger charge is 2.12. The summed E-state index contributed by atoms with van der Waals surface area (Å²) in [7, 11) is 1.75. The molecule has 2 N–H and O–H groups in total. The fraction of sp³-hybridized carbons (Fsp3) is 0.545. The first kappa shape index (κ1) is 13.1. The van der Waals surface area contributed by atoms with Crippen molar-refractivity contribution in [3.05, 3.63) is 23.0 Å². The topological polar surface area (TPSA) is 54.3 Å². The molecular weight excluding hydrogens is 228 g/mol. The Morgan fingerprint density at radius 3 is 2.88 bits per heavy atom. The maximum absolute atomic E-state index is 11.7. The van der Waals surface area contributed by atoms with E-state index in [4.69, 9.17) is 11.6 Å². The zero-order valence-corrected chi connectivity index (χ0v) is 10.3. The number of aliphatic hydroxyl groups is 1. The van der Waals surface area contributed by atoms with E-state index in [1.807, 2.05) is 6.92 Å². The van der Waals surface area contributed by atoms with Crippen LogP contribution in [0.5, 0.6) is 0 Å². The lowest BCUT2D eigenvalue weighted by Crippen LogP contribution is -2.32. The highest BCUT2D eigenvalue weighted by molar-refractivity contribution is 6.31. The average Bonchev–Trinajstić information content (AvgIpc) is 2.55. The van der Waals surface area contributed by atoms with Gasteiger partial charge in [0.2, 0.25) is 0 Å². The van der Waals surface area contributed by atoms with Gasteiger partial charge in [-0.1, -0.05) is 24.9 Å². The van der Waals surface area contributed by atoms with Crippen LogP contribution in [0.15, 0.2) is 12.3 Å². The molecule has 0 fully saturated rings. The number of nitrogens with one attached hydrogen (secondary N) is 1. The van der Waals surface area contributed by atoms with Gasteiger partial charge in [0, 0.05) is 19.8 Å². The van der Waals surface area contributed by atoms with E-state index < -0.39 is 6.10 Å². The summed E-state index contributed by atoms with van der Waals surface area (Å²) in [4.78, 5) is 11.7. The molecule has 1 rings (SSSR count). The van der Waals surface area contributed by atoms with Crippen LogP contribution in [-0.4, -0.2) is 28.2 Å². The third-order valence-electron chi connectivity index (χ3n) is 2.32. The van der Waals surface area contributed by atoms with E-state index in [2.05, 4.69) is 5.32 Å². The molecule has 0 saturated heterocycles. The summed E-state index contributed by atoms with van der Waals surface area (Å²) in [5.74, 6) is -0.218. The fourth-order valence-corrected chi connectivity index (χ4v) is 1.74. The van der Waals surface area contributed by atoms with E-state index in [1.165, 1.54) is 0 Å². The summed E-state index contributed by atoms with van der Waals surface area (Å²) in [5.41, 5.74) is 0.494. The van der Waals surface area contributed by atoms with Crippen molar-refractivity contribution in [2.24, 2.45) is 7.05 Å². The van der Waals surface area contributed by atoms with Crippen LogP contribution in [-0.2, 0) is 7.05 Å². The van der Waals surface area contributed by atoms with Crippen molar-refractivity contribution in [3.8, 4) is 0 Å². The van der Waals surface area contributed by atoms with Gasteiger partial charge in [-0.25, -0.2) is 0 Å². The van der Waals surface area contributed by atoms with E-state index >= 15 is 0 Å². The maximum Gasteiger partial charge on any atom is 0.268 e. The van der Waals surface area contributed by atoms with Gasteiger partial charge >= 0.3 is 0 Å². The Balaban J connectivity index is 2.50. The molecule has 1 aromatic heterocycles. The van der Waals surface area contributed by atoms with E-state index in [0.29, 0.717) is 17.1 Å². The minimum Gasteiger partial charge on any atom is -0.391 e. The molecule has 1 atom stereocenters. The summed E-state index contributed by atoms with van der Waals surface area (Å²) in [6, 6.07) is 1.60. The molecule has 0 aliphatic heterocycles. The number of halogens is 1. The molecule has 0 radical (unpaired) electrons. The SMILES string of the molecule is CCCC(O)CNC(=O)c1cc(Cl)cn1C. The first-order chi connectivity index (χ1) is 7.54. The number of nitrogens with zero attached hydrogens (tertiary/aromatic N) is 1. The fourth-order valence-electron chi connectivity index (χ4n) is 1.49. The smallest absolute Gasteiger partial charge is 0.268 e. The van der Waals surface area contributed by atoms with Crippen molar-refractivity contribution in [1.82, 2.24) is 9.88 Å². The van der Waals surface area contributed by atoms with Gasteiger partial charge in [-0.3, -0.25) is 4.79 Å². The molecule has 16 heavy (non-hydrogen) atoms. The predicted octanol–water partition coefficient (Wildman–Crippen LogP) is 1.57. The van der Waals surface area contributed by atoms with Crippen LogP contribution in [0.2, 0.25) is 5.02 Å². The monoisotopic (exact) mass is 244 g/mol. The minimum atomic E-state index is -0.482. The first-order valence-electron chi connectivity index (χ1n) is 5.32. The molecule has 0 aromatic carbocycles. The lowest BCUT2D eigenvalue weighted by molar-refractivity contribution is 0.0902. The number of aliphatic hydroxyl groups excluding tert-OH is 1. The Morgan fingerprint density at radius 2 is 2.38 bits per heavy atom. The van der Waals surface area contributed by atoms with Crippen molar-refractivity contribution >= 4 is 17.5 Å². The number of aromatic nitrogens is 1. The van der Waals surface area contributed by atoms with Crippen molar-refractivity contribution in [1.29, 1.82) is 0 Å². The molecule has 0 saturated carbocycles. The molecule has 0 aliphatic carbocycles. The second kappa shape index (κ2) is 5.92. The third-order valence-corrected chi connectivity index (χ3v) is 2.53. The quantitative estimate of drug-likeness (QED) is 0.826. The van der Waals surface area contributed by atoms with E-state index in [9.17, 15) is 9.90 Å². The van der Waals surface area contributed by atoms with Gasteiger partial charge in [-0.2, -0.15) is 0 Å². The molecule has 90 valence electrons. The van der Waals surface area contributed by atoms with Crippen LogP contribution in [0.1, 0.15) is 30.3 Å². The number of carbonyl (C=O) groups is 1. The predicted molar refractivity (Wildman–Crippen MR) is 63.7 cm³/mol. The summed E-state index contributed by atoms with van der Waals surface area (Å²) >= 11 is 5.77. The molecular formula is C11H17ClN2O2. The highest BCUT2D eigenvalue weighted by atomic mass is 35.5. The lowest BCUT2D eigenvalue weighted by Gasteiger charge is -2.10. The largest absolute Gasteiger partial charge is 0.391 e. The molecule has 0 aliphatic rings. The Morgan fingerprint density at radius 1 is 1.69 bits per heavy atom. The van der Waals surface area contributed by atoms with Crippen molar-refractivity contribution in [3.63, 3.8) is 0 Å². The third kappa shape index (κ3) is 3.54.